The molecule has 5 heteroatoms. The van der Waals surface area contributed by atoms with Crippen LogP contribution in [0.2, 0.25) is 0 Å². The summed E-state index contributed by atoms with van der Waals surface area (Å²) in [5, 5.41) is 7.07. The first kappa shape index (κ1) is 17.0. The lowest BCUT2D eigenvalue weighted by molar-refractivity contribution is 0.0849. The molecule has 2 aromatic heterocycles. The second-order valence-corrected chi connectivity index (χ2v) is 9.82. The predicted octanol–water partition coefficient (Wildman–Crippen LogP) is 3.85. The van der Waals surface area contributed by atoms with E-state index < -0.39 is 0 Å². The van der Waals surface area contributed by atoms with E-state index in [-0.39, 0.29) is 17.5 Å². The number of nitrogens with one attached hydrogen (secondary N) is 2. The number of fused-ring (bicyclic) bond motifs is 3. The molecule has 148 valence electrons. The molecule has 4 aliphatic rings. The molecule has 3 bridgehead atoms. The van der Waals surface area contributed by atoms with Gasteiger partial charge in [-0.2, -0.15) is 0 Å². The molecule has 6 rings (SSSR count). The van der Waals surface area contributed by atoms with Crippen LogP contribution in [0.1, 0.15) is 80.1 Å². The smallest absolute Gasteiger partial charge is 0.272 e. The zero-order valence-corrected chi connectivity index (χ0v) is 16.5. The first-order chi connectivity index (χ1) is 13.7. The topological polar surface area (TPSA) is 58.4 Å². The number of hydrogen-bond donors (Lipinski definition) is 2. The van der Waals surface area contributed by atoms with Crippen molar-refractivity contribution in [3.63, 3.8) is 0 Å². The molecule has 0 radical (unpaired) electrons. The highest BCUT2D eigenvalue weighted by Crippen LogP contribution is 2.55. The highest BCUT2D eigenvalue weighted by Gasteiger charge is 2.52. The number of aromatic nitrogens is 2. The normalized spacial score (nSPS) is 36.7. The van der Waals surface area contributed by atoms with Crippen LogP contribution in [-0.2, 0) is 0 Å². The van der Waals surface area contributed by atoms with Gasteiger partial charge in [-0.25, -0.2) is 4.98 Å². The molecule has 5 nitrogen and oxygen atoms in total. The van der Waals surface area contributed by atoms with E-state index in [1.54, 1.807) is 0 Å². The average molecular weight is 379 g/mol. The summed E-state index contributed by atoms with van der Waals surface area (Å²) in [6.07, 6.45) is 13.3. The van der Waals surface area contributed by atoms with Crippen molar-refractivity contribution in [1.82, 2.24) is 20.0 Å². The van der Waals surface area contributed by atoms with Crippen LogP contribution >= 0.6 is 0 Å². The van der Waals surface area contributed by atoms with E-state index in [4.69, 9.17) is 4.98 Å². The van der Waals surface area contributed by atoms with Crippen molar-refractivity contribution in [3.05, 3.63) is 35.9 Å². The van der Waals surface area contributed by atoms with Crippen molar-refractivity contribution in [2.75, 3.05) is 6.54 Å². The van der Waals surface area contributed by atoms with E-state index in [1.807, 2.05) is 24.4 Å². The fourth-order valence-electron chi connectivity index (χ4n) is 6.99. The van der Waals surface area contributed by atoms with Crippen molar-refractivity contribution < 1.29 is 4.79 Å². The fraction of sp³-hybridized carbons (Fsp3) is 0.652. The lowest BCUT2D eigenvalue weighted by Gasteiger charge is -2.38. The summed E-state index contributed by atoms with van der Waals surface area (Å²) in [7, 11) is 0. The van der Waals surface area contributed by atoms with Crippen molar-refractivity contribution in [1.29, 1.82) is 0 Å². The van der Waals surface area contributed by atoms with Crippen LogP contribution in [0.4, 0.5) is 0 Å². The lowest BCUT2D eigenvalue weighted by atomic mass is 9.75. The third-order valence-corrected chi connectivity index (χ3v) is 8.02. The number of carbonyl (C=O) groups is 1. The number of carbonyl (C=O) groups excluding carboxylic acids is 1. The standard InChI is InChI=1S/C23H30N4O/c28-22(26-23-12-15-5-3-6-16(13-23)17(11-15)14-23)20-19-8-1-2-10-27(19)21(25-20)18-7-4-9-24-18/h1-2,8,10,15-18,24H,3-7,9,11-14H2,(H,26,28). The minimum atomic E-state index is 0.0201. The van der Waals surface area contributed by atoms with Gasteiger partial charge in [0.05, 0.1) is 11.6 Å². The number of nitrogens with zero attached hydrogens (tertiary/aromatic N) is 2. The van der Waals surface area contributed by atoms with Crippen LogP contribution in [0.25, 0.3) is 5.52 Å². The summed E-state index contributed by atoms with van der Waals surface area (Å²) >= 11 is 0. The molecule has 1 amide bonds. The molecule has 3 saturated carbocycles. The average Bonchev–Trinajstić information content (AvgIpc) is 3.36. The summed E-state index contributed by atoms with van der Waals surface area (Å²) in [4.78, 5) is 18.3. The monoisotopic (exact) mass is 378 g/mol. The van der Waals surface area contributed by atoms with Gasteiger partial charge in [0.25, 0.3) is 5.91 Å². The highest BCUT2D eigenvalue weighted by atomic mass is 16.2. The fourth-order valence-corrected chi connectivity index (χ4v) is 6.99. The molecule has 2 N–H and O–H groups in total. The Morgan fingerprint density at radius 1 is 1.14 bits per heavy atom. The zero-order valence-electron chi connectivity index (χ0n) is 16.5. The molecule has 1 aliphatic heterocycles. The molecule has 5 atom stereocenters. The van der Waals surface area contributed by atoms with Gasteiger partial charge in [0.1, 0.15) is 5.82 Å². The van der Waals surface area contributed by atoms with Crippen LogP contribution < -0.4 is 10.6 Å². The highest BCUT2D eigenvalue weighted by molar-refractivity contribution is 5.99. The molecular formula is C23H30N4O. The van der Waals surface area contributed by atoms with Crippen molar-refractivity contribution in [2.24, 2.45) is 17.8 Å². The Morgan fingerprint density at radius 2 is 2.07 bits per heavy atom. The number of amides is 1. The van der Waals surface area contributed by atoms with Gasteiger partial charge in [-0.05, 0) is 75.0 Å². The molecule has 28 heavy (non-hydrogen) atoms. The Morgan fingerprint density at radius 3 is 2.96 bits per heavy atom. The van der Waals surface area contributed by atoms with E-state index in [1.165, 1.54) is 51.4 Å². The van der Waals surface area contributed by atoms with Gasteiger partial charge in [0.15, 0.2) is 5.69 Å². The maximum absolute atomic E-state index is 13.5. The maximum atomic E-state index is 13.5. The largest absolute Gasteiger partial charge is 0.345 e. The van der Waals surface area contributed by atoms with Crippen molar-refractivity contribution >= 4 is 11.4 Å². The molecule has 3 heterocycles. The summed E-state index contributed by atoms with van der Waals surface area (Å²) in [6, 6.07) is 6.32. The minimum Gasteiger partial charge on any atom is -0.345 e. The van der Waals surface area contributed by atoms with E-state index >= 15 is 0 Å². The van der Waals surface area contributed by atoms with Gasteiger partial charge in [-0.15, -0.1) is 0 Å². The third kappa shape index (κ3) is 2.62. The van der Waals surface area contributed by atoms with Crippen molar-refractivity contribution in [2.45, 2.75) is 69.4 Å². The minimum absolute atomic E-state index is 0.0201. The third-order valence-electron chi connectivity index (χ3n) is 8.02. The molecule has 0 spiro atoms. The molecule has 2 aromatic rings. The molecule has 4 fully saturated rings. The number of rotatable bonds is 3. The van der Waals surface area contributed by atoms with E-state index in [9.17, 15) is 4.79 Å². The first-order valence-corrected chi connectivity index (χ1v) is 11.2. The van der Waals surface area contributed by atoms with Crippen molar-refractivity contribution in [3.8, 4) is 0 Å². The number of imidazole rings is 1. The Balaban J connectivity index is 1.33. The quantitative estimate of drug-likeness (QED) is 0.853. The second-order valence-electron chi connectivity index (χ2n) is 9.82. The van der Waals surface area contributed by atoms with Crippen LogP contribution in [0.5, 0.6) is 0 Å². The van der Waals surface area contributed by atoms with Crippen LogP contribution in [-0.4, -0.2) is 27.4 Å². The van der Waals surface area contributed by atoms with E-state index in [0.29, 0.717) is 5.69 Å². The molecule has 5 unspecified atom stereocenters. The van der Waals surface area contributed by atoms with E-state index in [2.05, 4.69) is 15.0 Å². The van der Waals surface area contributed by atoms with Gasteiger partial charge < -0.3 is 15.0 Å². The summed E-state index contributed by atoms with van der Waals surface area (Å²) < 4.78 is 2.11. The van der Waals surface area contributed by atoms with Gasteiger partial charge in [-0.3, -0.25) is 4.79 Å². The summed E-state index contributed by atoms with van der Waals surface area (Å²) in [5.41, 5.74) is 1.57. The van der Waals surface area contributed by atoms with Gasteiger partial charge in [0.2, 0.25) is 0 Å². The van der Waals surface area contributed by atoms with Gasteiger partial charge in [0, 0.05) is 11.7 Å². The number of pyridine rings is 1. The Labute approximate surface area is 166 Å². The summed E-state index contributed by atoms with van der Waals surface area (Å²) in [6.45, 7) is 1.03. The molecule has 0 aromatic carbocycles. The predicted molar refractivity (Wildman–Crippen MR) is 108 cm³/mol. The molecule has 3 aliphatic carbocycles. The second kappa shape index (κ2) is 6.31. The Bertz CT molecular complexity index is 910. The Kier molecular flexibility index (Phi) is 3.84. The van der Waals surface area contributed by atoms with Crippen LogP contribution in [0.15, 0.2) is 24.4 Å². The zero-order chi connectivity index (χ0) is 18.7. The first-order valence-electron chi connectivity index (χ1n) is 11.2. The number of hydrogen-bond acceptors (Lipinski definition) is 3. The van der Waals surface area contributed by atoms with Gasteiger partial charge in [-0.1, -0.05) is 25.3 Å². The summed E-state index contributed by atoms with van der Waals surface area (Å²) in [5.74, 6) is 3.49. The van der Waals surface area contributed by atoms with E-state index in [0.717, 1.165) is 42.1 Å². The SMILES string of the molecule is O=C(NC12CC3CCCC(C1)C(C3)C2)c1nc(C2CCCN2)n2ccccc12. The molecular weight excluding hydrogens is 348 g/mol. The Hall–Kier alpha value is -1.88. The van der Waals surface area contributed by atoms with Crippen LogP contribution in [0, 0.1) is 17.8 Å². The maximum Gasteiger partial charge on any atom is 0.272 e. The molecule has 1 saturated heterocycles. The van der Waals surface area contributed by atoms with Crippen LogP contribution in [0.3, 0.4) is 0 Å². The lowest BCUT2D eigenvalue weighted by Crippen LogP contribution is -2.49. The van der Waals surface area contributed by atoms with Gasteiger partial charge >= 0.3 is 0 Å².